The third-order valence-corrected chi connectivity index (χ3v) is 5.55. The van der Waals surface area contributed by atoms with Crippen LogP contribution in [0.25, 0.3) is 22.6 Å². The van der Waals surface area contributed by atoms with Crippen LogP contribution in [-0.2, 0) is 17.6 Å². The van der Waals surface area contributed by atoms with Gasteiger partial charge in [0.05, 0.1) is 0 Å². The Balaban J connectivity index is 1.60. The van der Waals surface area contributed by atoms with Crippen LogP contribution in [0.15, 0.2) is 53.1 Å². The summed E-state index contributed by atoms with van der Waals surface area (Å²) in [5, 5.41) is 4.11. The molecule has 1 heterocycles. The molecule has 33 heavy (non-hydrogen) atoms. The molecule has 2 aromatic carbocycles. The van der Waals surface area contributed by atoms with Crippen LogP contribution in [0.5, 0.6) is 0 Å². The second kappa shape index (κ2) is 7.60. The number of nitrogens with zero attached hydrogens (tertiary/aromatic N) is 2. The van der Waals surface area contributed by atoms with Crippen LogP contribution in [0.4, 0.5) is 36.4 Å². The van der Waals surface area contributed by atoms with Gasteiger partial charge in [0.1, 0.15) is 5.69 Å². The van der Waals surface area contributed by atoms with Gasteiger partial charge in [-0.3, -0.25) is 4.79 Å². The van der Waals surface area contributed by atoms with Crippen LogP contribution in [0.3, 0.4) is 0 Å². The highest BCUT2D eigenvalue weighted by molar-refractivity contribution is 5.99. The number of aromatic nitrogens is 1. The molecular formula is C22H15F7N2O2. The highest BCUT2D eigenvalue weighted by Gasteiger charge is 2.76. The Morgan fingerprint density at radius 2 is 1.58 bits per heavy atom. The van der Waals surface area contributed by atoms with E-state index >= 15 is 0 Å². The van der Waals surface area contributed by atoms with Crippen molar-refractivity contribution in [1.29, 1.82) is 0 Å². The molecule has 174 valence electrons. The van der Waals surface area contributed by atoms with Crippen molar-refractivity contribution >= 4 is 11.6 Å². The smallest absolute Gasteiger partial charge is 0.355 e. The maximum atomic E-state index is 13.8. The number of aryl methyl sites for hydroxylation is 1. The molecule has 0 atom stereocenters. The summed E-state index contributed by atoms with van der Waals surface area (Å²) in [6.07, 6.45) is -5.22. The predicted molar refractivity (Wildman–Crippen MR) is 104 cm³/mol. The number of hydrogen-bond donors (Lipinski definition) is 0. The summed E-state index contributed by atoms with van der Waals surface area (Å²) in [7, 11) is 0.685. The number of alkyl halides is 7. The fourth-order valence-electron chi connectivity index (χ4n) is 3.69. The van der Waals surface area contributed by atoms with Crippen LogP contribution in [0, 0.1) is 0 Å². The Kier molecular flexibility index (Phi) is 5.25. The predicted octanol–water partition coefficient (Wildman–Crippen LogP) is 5.90. The van der Waals surface area contributed by atoms with Gasteiger partial charge in [0.25, 0.3) is 0 Å². The molecule has 0 spiro atoms. The molecule has 0 bridgehead atoms. The van der Waals surface area contributed by atoms with Crippen LogP contribution >= 0.6 is 0 Å². The van der Waals surface area contributed by atoms with E-state index < -0.39 is 23.9 Å². The molecule has 3 aromatic rings. The van der Waals surface area contributed by atoms with Crippen molar-refractivity contribution in [3.8, 4) is 22.6 Å². The van der Waals surface area contributed by atoms with Gasteiger partial charge in [-0.05, 0) is 42.7 Å². The van der Waals surface area contributed by atoms with E-state index in [1.807, 2.05) is 24.3 Å². The first kappa shape index (κ1) is 22.8. The highest BCUT2D eigenvalue weighted by Crippen LogP contribution is 2.47. The van der Waals surface area contributed by atoms with Gasteiger partial charge in [0.2, 0.25) is 0 Å². The summed E-state index contributed by atoms with van der Waals surface area (Å²) < 4.78 is 96.5. The van der Waals surface area contributed by atoms with E-state index in [1.165, 1.54) is 12.1 Å². The van der Waals surface area contributed by atoms with Gasteiger partial charge in [0.15, 0.2) is 5.76 Å². The molecule has 0 fully saturated rings. The van der Waals surface area contributed by atoms with Gasteiger partial charge in [-0.25, -0.2) is 0 Å². The molecule has 4 rings (SSSR count). The first-order valence-corrected chi connectivity index (χ1v) is 9.64. The molecule has 1 aromatic heterocycles. The van der Waals surface area contributed by atoms with Crippen molar-refractivity contribution < 1.29 is 40.1 Å². The molecule has 0 saturated carbocycles. The first-order valence-electron chi connectivity index (χ1n) is 9.64. The third-order valence-electron chi connectivity index (χ3n) is 5.55. The average Bonchev–Trinajstić information content (AvgIpc) is 3.22. The van der Waals surface area contributed by atoms with E-state index in [-0.39, 0.29) is 10.6 Å². The molecular weight excluding hydrogens is 457 g/mol. The zero-order chi connectivity index (χ0) is 24.2. The Hall–Kier alpha value is -3.37. The fraction of sp³-hybridized carbons (Fsp3) is 0.273. The minimum atomic E-state index is -6.60. The number of benzene rings is 2. The largest absolute Gasteiger partial charge is 0.460 e. The van der Waals surface area contributed by atoms with Crippen molar-refractivity contribution in [1.82, 2.24) is 5.16 Å². The van der Waals surface area contributed by atoms with Gasteiger partial charge in [-0.1, -0.05) is 29.4 Å². The summed E-state index contributed by atoms with van der Waals surface area (Å²) in [5.41, 5.74) is 3.68. The van der Waals surface area contributed by atoms with E-state index in [2.05, 4.69) is 5.16 Å². The fourth-order valence-corrected chi connectivity index (χ4v) is 3.69. The number of fused-ring (bicyclic) bond motifs is 3. The lowest BCUT2D eigenvalue weighted by atomic mass is 9.88. The maximum Gasteiger partial charge on any atom is 0.460 e. The van der Waals surface area contributed by atoms with Crippen LogP contribution in [0.1, 0.15) is 11.1 Å². The van der Waals surface area contributed by atoms with E-state index in [1.54, 1.807) is 0 Å². The first-order chi connectivity index (χ1) is 15.4. The monoisotopic (exact) mass is 472 g/mol. The molecule has 0 N–H and O–H groups in total. The molecule has 0 unspecified atom stereocenters. The van der Waals surface area contributed by atoms with E-state index in [0.717, 1.165) is 35.2 Å². The standard InChI is InChI=1S/C22H15F7N2O2/c1-31(19(32)20(23,24)21(25,26)22(27,28)29)14-9-6-13(7-10-14)18-16-11-8-12-4-2-3-5-15(12)17(16)30-33-18/h2-7,9-10H,8,11H2,1H3. The molecule has 0 saturated heterocycles. The van der Waals surface area contributed by atoms with Gasteiger partial charge in [-0.15, -0.1) is 0 Å². The van der Waals surface area contributed by atoms with Crippen LogP contribution in [-0.4, -0.2) is 36.1 Å². The summed E-state index contributed by atoms with van der Waals surface area (Å²) in [6, 6.07) is 12.7. The number of halogens is 7. The van der Waals surface area contributed by atoms with Crippen molar-refractivity contribution in [2.75, 3.05) is 11.9 Å². The molecule has 0 radical (unpaired) electrons. The Morgan fingerprint density at radius 1 is 0.939 bits per heavy atom. The topological polar surface area (TPSA) is 46.3 Å². The lowest BCUT2D eigenvalue weighted by Crippen LogP contribution is -2.59. The number of rotatable bonds is 4. The number of anilines is 1. The summed E-state index contributed by atoms with van der Waals surface area (Å²) in [4.78, 5) is 11.9. The number of carbonyl (C=O) groups excluding carboxylic acids is 1. The molecule has 0 aliphatic heterocycles. The van der Waals surface area contributed by atoms with Crippen LogP contribution < -0.4 is 4.90 Å². The van der Waals surface area contributed by atoms with E-state index in [0.29, 0.717) is 30.5 Å². The third kappa shape index (κ3) is 3.55. The maximum absolute atomic E-state index is 13.8. The van der Waals surface area contributed by atoms with Gasteiger partial charge in [0, 0.05) is 29.4 Å². The zero-order valence-electron chi connectivity index (χ0n) is 16.9. The summed E-state index contributed by atoms with van der Waals surface area (Å²) >= 11 is 0. The second-order valence-electron chi connectivity index (χ2n) is 7.55. The van der Waals surface area contributed by atoms with Gasteiger partial charge >= 0.3 is 23.9 Å². The minimum absolute atomic E-state index is 0.0511. The molecule has 11 heteroatoms. The normalized spacial score (nSPS) is 13.9. The lowest BCUT2D eigenvalue weighted by molar-refractivity contribution is -0.343. The molecule has 1 amide bonds. The van der Waals surface area contributed by atoms with E-state index in [4.69, 9.17) is 4.52 Å². The van der Waals surface area contributed by atoms with Gasteiger partial charge < -0.3 is 9.42 Å². The Morgan fingerprint density at radius 3 is 2.21 bits per heavy atom. The zero-order valence-corrected chi connectivity index (χ0v) is 16.9. The van der Waals surface area contributed by atoms with Crippen molar-refractivity contribution in [2.45, 2.75) is 30.9 Å². The number of carbonyl (C=O) groups is 1. The number of hydrogen-bond acceptors (Lipinski definition) is 3. The van der Waals surface area contributed by atoms with Gasteiger partial charge in [-0.2, -0.15) is 30.7 Å². The van der Waals surface area contributed by atoms with Crippen LogP contribution in [0.2, 0.25) is 0 Å². The quantitative estimate of drug-likeness (QED) is 0.444. The summed E-state index contributed by atoms with van der Waals surface area (Å²) in [6.45, 7) is 0. The Labute approximate surface area is 182 Å². The molecule has 4 nitrogen and oxygen atoms in total. The lowest BCUT2D eigenvalue weighted by Gasteiger charge is -2.30. The van der Waals surface area contributed by atoms with E-state index in [9.17, 15) is 35.5 Å². The molecule has 1 aliphatic carbocycles. The van der Waals surface area contributed by atoms with Crippen molar-refractivity contribution in [2.24, 2.45) is 0 Å². The second-order valence-corrected chi connectivity index (χ2v) is 7.55. The number of amides is 1. The SMILES string of the molecule is CN(C(=O)C(F)(F)C(F)(F)C(F)(F)F)c1ccc(-c2onc3c2CCc2ccccc2-3)cc1. The molecule has 1 aliphatic rings. The average molecular weight is 472 g/mol. The highest BCUT2D eigenvalue weighted by atomic mass is 19.4. The minimum Gasteiger partial charge on any atom is -0.355 e. The van der Waals surface area contributed by atoms with Crippen molar-refractivity contribution in [3.63, 3.8) is 0 Å². The Bertz CT molecular complexity index is 1200. The summed E-state index contributed by atoms with van der Waals surface area (Å²) in [5.74, 6) is -14.8. The van der Waals surface area contributed by atoms with Crippen molar-refractivity contribution in [3.05, 3.63) is 59.7 Å².